The molecule has 1 aromatic rings. The quantitative estimate of drug-likeness (QED) is 0.475. The molecular weight excluding hydrogens is 318 g/mol. The molecule has 1 unspecified atom stereocenters. The molecule has 1 aromatic heterocycles. The van der Waals surface area contributed by atoms with Gasteiger partial charge in [0.05, 0.1) is 0 Å². The van der Waals surface area contributed by atoms with Crippen LogP contribution in [0.5, 0.6) is 0 Å². The van der Waals surface area contributed by atoms with E-state index >= 15 is 0 Å². The van der Waals surface area contributed by atoms with E-state index in [1.807, 2.05) is 0 Å². The Labute approximate surface area is 115 Å². The molecule has 1 saturated heterocycles. The summed E-state index contributed by atoms with van der Waals surface area (Å²) in [6.07, 6.45) is 1.78. The third-order valence-electron chi connectivity index (χ3n) is 2.56. The highest BCUT2D eigenvalue weighted by Crippen LogP contribution is 2.04. The molecule has 3 N–H and O–H groups in total. The van der Waals surface area contributed by atoms with Gasteiger partial charge in [0.25, 0.3) is 0 Å². The molecule has 3 amide bonds. The van der Waals surface area contributed by atoms with Crippen molar-refractivity contribution in [2.24, 2.45) is 0 Å². The number of hydrogen-bond acceptors (Lipinski definition) is 5. The van der Waals surface area contributed by atoms with E-state index in [1.165, 1.54) is 12.3 Å². The van der Waals surface area contributed by atoms with Gasteiger partial charge in [-0.25, -0.2) is 14.3 Å². The smallest absolute Gasteiger partial charge is 0.325 e. The Bertz CT molecular complexity index is 611. The zero-order valence-corrected chi connectivity index (χ0v) is 11.2. The second kappa shape index (κ2) is 5.31. The van der Waals surface area contributed by atoms with Crippen LogP contribution in [-0.2, 0) is 9.59 Å². The minimum Gasteiger partial charge on any atom is -0.325 e. The molecule has 1 aliphatic rings. The predicted octanol–water partition coefficient (Wildman–Crippen LogP) is -0.512. The number of imide groups is 1. The molecule has 0 spiro atoms. The van der Waals surface area contributed by atoms with Crippen molar-refractivity contribution in [3.63, 3.8) is 0 Å². The Morgan fingerprint density at radius 1 is 1.58 bits per heavy atom. The van der Waals surface area contributed by atoms with Crippen LogP contribution < -0.4 is 16.3 Å². The highest BCUT2D eigenvalue weighted by molar-refractivity contribution is 9.10. The zero-order valence-electron chi connectivity index (χ0n) is 9.64. The van der Waals surface area contributed by atoms with Gasteiger partial charge in [-0.2, -0.15) is 0 Å². The standard InChI is InChI=1S/C10H10BrN5O3/c11-6-3-4-16(9(12)14-6)10(19)13-5-1-2-7(17)15-8(5)18/h3-5,12H,1-2H2,(H,13,19)(H,15,17,18). The molecule has 0 bridgehead atoms. The van der Waals surface area contributed by atoms with Crippen LogP contribution in [0.15, 0.2) is 16.9 Å². The average molecular weight is 328 g/mol. The number of carbonyl (C=O) groups is 3. The van der Waals surface area contributed by atoms with E-state index in [1.54, 1.807) is 0 Å². The van der Waals surface area contributed by atoms with Gasteiger partial charge in [-0.05, 0) is 28.4 Å². The molecule has 0 aromatic carbocycles. The van der Waals surface area contributed by atoms with Crippen molar-refractivity contribution < 1.29 is 14.4 Å². The largest absolute Gasteiger partial charge is 0.329 e. The molecule has 0 saturated carbocycles. The lowest BCUT2D eigenvalue weighted by atomic mass is 10.1. The molecule has 1 atom stereocenters. The van der Waals surface area contributed by atoms with E-state index in [-0.39, 0.29) is 24.4 Å². The van der Waals surface area contributed by atoms with Gasteiger partial charge in [-0.3, -0.25) is 20.3 Å². The van der Waals surface area contributed by atoms with E-state index in [0.29, 0.717) is 4.60 Å². The first-order valence-corrected chi connectivity index (χ1v) is 6.21. The van der Waals surface area contributed by atoms with Crippen LogP contribution in [0.4, 0.5) is 4.79 Å². The normalized spacial score (nSPS) is 18.9. The van der Waals surface area contributed by atoms with E-state index in [0.717, 1.165) is 4.57 Å². The third kappa shape index (κ3) is 3.05. The summed E-state index contributed by atoms with van der Waals surface area (Å²) in [6.45, 7) is 0. The summed E-state index contributed by atoms with van der Waals surface area (Å²) >= 11 is 3.08. The van der Waals surface area contributed by atoms with Gasteiger partial charge in [0.2, 0.25) is 17.4 Å². The van der Waals surface area contributed by atoms with Gasteiger partial charge in [0.1, 0.15) is 10.6 Å². The summed E-state index contributed by atoms with van der Waals surface area (Å²) in [5.41, 5.74) is -0.265. The first-order chi connectivity index (χ1) is 8.97. The molecule has 1 aliphatic heterocycles. The summed E-state index contributed by atoms with van der Waals surface area (Å²) in [6, 6.07) is 0.0856. The number of amides is 3. The van der Waals surface area contributed by atoms with E-state index in [4.69, 9.17) is 5.41 Å². The third-order valence-corrected chi connectivity index (χ3v) is 3.00. The van der Waals surface area contributed by atoms with Gasteiger partial charge in [0, 0.05) is 12.6 Å². The summed E-state index contributed by atoms with van der Waals surface area (Å²) in [4.78, 5) is 38.1. The van der Waals surface area contributed by atoms with Gasteiger partial charge in [0.15, 0.2) is 0 Å². The molecule has 2 heterocycles. The lowest BCUT2D eigenvalue weighted by Gasteiger charge is -2.21. The number of piperidine rings is 1. The number of halogens is 1. The van der Waals surface area contributed by atoms with Gasteiger partial charge in [-0.15, -0.1) is 0 Å². The Morgan fingerprint density at radius 3 is 2.95 bits per heavy atom. The molecule has 1 fully saturated rings. The second-order valence-corrected chi connectivity index (χ2v) is 4.71. The number of carbonyl (C=O) groups excluding carboxylic acids is 3. The fourth-order valence-electron chi connectivity index (χ4n) is 1.61. The number of rotatable bonds is 1. The van der Waals surface area contributed by atoms with Crippen molar-refractivity contribution >= 4 is 33.8 Å². The molecule has 8 nitrogen and oxygen atoms in total. The second-order valence-electron chi connectivity index (χ2n) is 3.90. The van der Waals surface area contributed by atoms with Crippen LogP contribution in [0.1, 0.15) is 12.8 Å². The maximum absolute atomic E-state index is 11.9. The van der Waals surface area contributed by atoms with Gasteiger partial charge in [-0.1, -0.05) is 0 Å². The first-order valence-electron chi connectivity index (χ1n) is 5.42. The van der Waals surface area contributed by atoms with E-state index in [9.17, 15) is 14.4 Å². The van der Waals surface area contributed by atoms with E-state index < -0.39 is 18.0 Å². The lowest BCUT2D eigenvalue weighted by Crippen LogP contribution is -2.54. The van der Waals surface area contributed by atoms with Gasteiger partial charge < -0.3 is 5.32 Å². The molecule has 0 aliphatic carbocycles. The molecule has 9 heteroatoms. The van der Waals surface area contributed by atoms with Crippen LogP contribution in [-0.4, -0.2) is 33.4 Å². The van der Waals surface area contributed by atoms with Gasteiger partial charge >= 0.3 is 6.03 Å². The van der Waals surface area contributed by atoms with Crippen LogP contribution >= 0.6 is 15.9 Å². The molecule has 19 heavy (non-hydrogen) atoms. The summed E-state index contributed by atoms with van der Waals surface area (Å²) < 4.78 is 1.40. The maximum Gasteiger partial charge on any atom is 0.329 e. The zero-order chi connectivity index (χ0) is 14.0. The number of hydrogen-bond donors (Lipinski definition) is 3. The molecule has 2 rings (SSSR count). The van der Waals surface area contributed by atoms with Crippen LogP contribution in [0.2, 0.25) is 0 Å². The van der Waals surface area contributed by atoms with Crippen LogP contribution in [0, 0.1) is 5.41 Å². The Kier molecular flexibility index (Phi) is 3.74. The Hall–Kier alpha value is -2.03. The van der Waals surface area contributed by atoms with Crippen molar-refractivity contribution in [3.8, 4) is 0 Å². The SMILES string of the molecule is N=c1nc(Br)ccn1C(=O)NC1CCC(=O)NC1=O. The average Bonchev–Trinajstić information content (AvgIpc) is 2.32. The summed E-state index contributed by atoms with van der Waals surface area (Å²) in [7, 11) is 0. The highest BCUT2D eigenvalue weighted by atomic mass is 79.9. The maximum atomic E-state index is 11.9. The predicted molar refractivity (Wildman–Crippen MR) is 65.9 cm³/mol. The van der Waals surface area contributed by atoms with Crippen molar-refractivity contribution in [1.29, 1.82) is 5.41 Å². The van der Waals surface area contributed by atoms with Crippen molar-refractivity contribution in [1.82, 2.24) is 20.2 Å². The number of nitrogens with one attached hydrogen (secondary N) is 3. The monoisotopic (exact) mass is 327 g/mol. The van der Waals surface area contributed by atoms with Crippen LogP contribution in [0.3, 0.4) is 0 Å². The molecular formula is C10H10BrN5O3. The minimum atomic E-state index is -0.777. The Balaban J connectivity index is 2.11. The summed E-state index contributed by atoms with van der Waals surface area (Å²) in [5, 5.41) is 12.1. The summed E-state index contributed by atoms with van der Waals surface area (Å²) in [5.74, 6) is -0.892. The number of nitrogens with zero attached hydrogens (tertiary/aromatic N) is 2. The Morgan fingerprint density at radius 2 is 2.32 bits per heavy atom. The fraction of sp³-hybridized carbons (Fsp3) is 0.300. The minimum absolute atomic E-state index is 0.174. The molecule has 100 valence electrons. The fourth-order valence-corrected chi connectivity index (χ4v) is 1.90. The lowest BCUT2D eigenvalue weighted by molar-refractivity contribution is -0.134. The van der Waals surface area contributed by atoms with Crippen molar-refractivity contribution in [2.75, 3.05) is 0 Å². The van der Waals surface area contributed by atoms with E-state index in [2.05, 4.69) is 31.5 Å². The van der Waals surface area contributed by atoms with Crippen LogP contribution in [0.25, 0.3) is 0 Å². The highest BCUT2D eigenvalue weighted by Gasteiger charge is 2.28. The van der Waals surface area contributed by atoms with Crippen molar-refractivity contribution in [3.05, 3.63) is 22.5 Å². The molecule has 0 radical (unpaired) electrons. The van der Waals surface area contributed by atoms with Crippen molar-refractivity contribution in [2.45, 2.75) is 18.9 Å². The number of aromatic nitrogens is 2. The topological polar surface area (TPSA) is 117 Å². The first kappa shape index (κ1) is 13.4.